The molecule has 0 aliphatic heterocycles. The van der Waals surface area contributed by atoms with Crippen LogP contribution in [0.25, 0.3) is 10.9 Å². The zero-order valence-electron chi connectivity index (χ0n) is 11.1. The van der Waals surface area contributed by atoms with E-state index in [9.17, 15) is 9.59 Å². The Balaban J connectivity index is 2.27. The molecule has 1 N–H and O–H groups in total. The van der Waals surface area contributed by atoms with Crippen molar-refractivity contribution in [2.45, 2.75) is 19.4 Å². The number of nitrogens with zero attached hydrogens (tertiary/aromatic N) is 1. The molecule has 1 aliphatic carbocycles. The molecule has 1 aromatic heterocycles. The van der Waals surface area contributed by atoms with E-state index in [4.69, 9.17) is 9.84 Å². The summed E-state index contributed by atoms with van der Waals surface area (Å²) in [6.07, 6.45) is 3.75. The van der Waals surface area contributed by atoms with Gasteiger partial charge in [-0.25, -0.2) is 4.79 Å². The molecule has 1 heterocycles. The average molecular weight is 273 g/mol. The van der Waals surface area contributed by atoms with E-state index < -0.39 is 11.4 Å². The standard InChI is InChI=1S/C15H15NO4/c1-20-10-4-5-11-13(6-10)16(7-9-2-3-9)8-12(14(11)17)15(18)19/h4-6,8-9H,2-3,7H2,1H3,(H,18,19). The number of rotatable bonds is 4. The minimum Gasteiger partial charge on any atom is -0.497 e. The van der Waals surface area contributed by atoms with Crippen LogP contribution in [0.1, 0.15) is 23.2 Å². The average Bonchev–Trinajstić information content (AvgIpc) is 3.25. The van der Waals surface area contributed by atoms with Gasteiger partial charge in [0.2, 0.25) is 5.43 Å². The van der Waals surface area contributed by atoms with Gasteiger partial charge < -0.3 is 14.4 Å². The minimum absolute atomic E-state index is 0.177. The van der Waals surface area contributed by atoms with Crippen LogP contribution in [0.3, 0.4) is 0 Å². The van der Waals surface area contributed by atoms with E-state index in [1.54, 1.807) is 25.3 Å². The molecule has 1 saturated carbocycles. The number of hydrogen-bond donors (Lipinski definition) is 1. The van der Waals surface area contributed by atoms with Crippen molar-refractivity contribution in [2.24, 2.45) is 5.92 Å². The number of methoxy groups -OCH3 is 1. The largest absolute Gasteiger partial charge is 0.497 e. The summed E-state index contributed by atoms with van der Waals surface area (Å²) in [6.45, 7) is 0.740. The molecule has 2 aromatic rings. The van der Waals surface area contributed by atoms with Gasteiger partial charge in [0.15, 0.2) is 0 Å². The Labute approximate surface area is 115 Å². The van der Waals surface area contributed by atoms with Gasteiger partial charge in [-0.2, -0.15) is 0 Å². The number of aromatic carboxylic acids is 1. The third kappa shape index (κ3) is 2.15. The monoisotopic (exact) mass is 273 g/mol. The molecule has 0 radical (unpaired) electrons. The minimum atomic E-state index is -1.18. The molecule has 20 heavy (non-hydrogen) atoms. The fraction of sp³-hybridized carbons (Fsp3) is 0.333. The number of benzene rings is 1. The summed E-state index contributed by atoms with van der Waals surface area (Å²) in [4.78, 5) is 23.4. The van der Waals surface area contributed by atoms with Gasteiger partial charge in [0.25, 0.3) is 0 Å². The molecular weight excluding hydrogens is 258 g/mol. The predicted molar refractivity (Wildman–Crippen MR) is 74.4 cm³/mol. The first kappa shape index (κ1) is 12.7. The summed E-state index contributed by atoms with van der Waals surface area (Å²) in [5, 5.41) is 9.58. The van der Waals surface area contributed by atoms with Crippen molar-refractivity contribution in [3.05, 3.63) is 40.2 Å². The Bertz CT molecular complexity index is 743. The molecule has 0 saturated heterocycles. The van der Waals surface area contributed by atoms with Crippen LogP contribution in [0.4, 0.5) is 0 Å². The highest BCUT2D eigenvalue weighted by molar-refractivity contribution is 5.92. The van der Waals surface area contributed by atoms with E-state index in [0.29, 0.717) is 17.1 Å². The third-order valence-corrected chi connectivity index (χ3v) is 3.67. The van der Waals surface area contributed by atoms with Gasteiger partial charge in [0.1, 0.15) is 11.3 Å². The number of carbonyl (C=O) groups is 1. The van der Waals surface area contributed by atoms with E-state index in [0.717, 1.165) is 24.9 Å². The van der Waals surface area contributed by atoms with Crippen LogP contribution in [0.15, 0.2) is 29.2 Å². The van der Waals surface area contributed by atoms with E-state index in [1.165, 1.54) is 6.20 Å². The number of hydrogen-bond acceptors (Lipinski definition) is 3. The lowest BCUT2D eigenvalue weighted by Crippen LogP contribution is -2.19. The van der Waals surface area contributed by atoms with Crippen LogP contribution in [0.2, 0.25) is 0 Å². The first-order chi connectivity index (χ1) is 9.60. The first-order valence-corrected chi connectivity index (χ1v) is 6.54. The molecule has 0 spiro atoms. The molecule has 1 aliphatic rings. The van der Waals surface area contributed by atoms with Crippen molar-refractivity contribution in [3.63, 3.8) is 0 Å². The Morgan fingerprint density at radius 3 is 2.80 bits per heavy atom. The molecular formula is C15H15NO4. The number of carboxylic acids is 1. The number of ether oxygens (including phenoxy) is 1. The number of aromatic nitrogens is 1. The Morgan fingerprint density at radius 1 is 1.45 bits per heavy atom. The second kappa shape index (κ2) is 4.67. The maximum Gasteiger partial charge on any atom is 0.341 e. The fourth-order valence-electron chi connectivity index (χ4n) is 2.38. The van der Waals surface area contributed by atoms with Crippen molar-refractivity contribution in [1.82, 2.24) is 4.57 Å². The van der Waals surface area contributed by atoms with Crippen LogP contribution in [0.5, 0.6) is 5.75 Å². The van der Waals surface area contributed by atoms with Crippen LogP contribution in [0, 0.1) is 5.92 Å². The molecule has 5 nitrogen and oxygen atoms in total. The zero-order valence-corrected chi connectivity index (χ0v) is 11.1. The molecule has 5 heteroatoms. The van der Waals surface area contributed by atoms with Crippen molar-refractivity contribution >= 4 is 16.9 Å². The van der Waals surface area contributed by atoms with E-state index in [2.05, 4.69) is 0 Å². The van der Waals surface area contributed by atoms with Gasteiger partial charge >= 0.3 is 5.97 Å². The van der Waals surface area contributed by atoms with Gasteiger partial charge in [-0.3, -0.25) is 4.79 Å². The van der Waals surface area contributed by atoms with Gasteiger partial charge in [-0.1, -0.05) is 0 Å². The molecule has 1 aromatic carbocycles. The molecule has 1 fully saturated rings. The molecule has 0 bridgehead atoms. The maximum atomic E-state index is 12.2. The van der Waals surface area contributed by atoms with Gasteiger partial charge in [-0.15, -0.1) is 0 Å². The van der Waals surface area contributed by atoms with Crippen LogP contribution in [-0.2, 0) is 6.54 Å². The Morgan fingerprint density at radius 2 is 2.20 bits per heavy atom. The van der Waals surface area contributed by atoms with Gasteiger partial charge in [0, 0.05) is 24.2 Å². The number of fused-ring (bicyclic) bond motifs is 1. The van der Waals surface area contributed by atoms with Crippen molar-refractivity contribution in [3.8, 4) is 5.75 Å². The van der Waals surface area contributed by atoms with Crippen LogP contribution >= 0.6 is 0 Å². The second-order valence-corrected chi connectivity index (χ2v) is 5.16. The first-order valence-electron chi connectivity index (χ1n) is 6.54. The van der Waals surface area contributed by atoms with E-state index in [1.807, 2.05) is 4.57 Å². The van der Waals surface area contributed by atoms with Crippen LogP contribution in [-0.4, -0.2) is 22.8 Å². The third-order valence-electron chi connectivity index (χ3n) is 3.67. The topological polar surface area (TPSA) is 68.5 Å². The molecule has 3 rings (SSSR count). The van der Waals surface area contributed by atoms with Crippen molar-refractivity contribution in [1.29, 1.82) is 0 Å². The Hall–Kier alpha value is -2.30. The second-order valence-electron chi connectivity index (χ2n) is 5.16. The lowest BCUT2D eigenvalue weighted by molar-refractivity contribution is 0.0695. The summed E-state index contributed by atoms with van der Waals surface area (Å²) in [5.41, 5.74) is 0.108. The highest BCUT2D eigenvalue weighted by atomic mass is 16.5. The van der Waals surface area contributed by atoms with E-state index in [-0.39, 0.29) is 5.56 Å². The highest BCUT2D eigenvalue weighted by Crippen LogP contribution is 2.32. The molecule has 0 amide bonds. The number of carboxylic acid groups (broad SMARTS) is 1. The Kier molecular flexibility index (Phi) is 2.97. The lowest BCUT2D eigenvalue weighted by atomic mass is 10.1. The molecule has 0 unspecified atom stereocenters. The predicted octanol–water partition coefficient (Wildman–Crippen LogP) is 2.12. The van der Waals surface area contributed by atoms with Gasteiger partial charge in [-0.05, 0) is 30.9 Å². The lowest BCUT2D eigenvalue weighted by Gasteiger charge is -2.12. The smallest absolute Gasteiger partial charge is 0.341 e. The molecule has 0 atom stereocenters. The summed E-state index contributed by atoms with van der Waals surface area (Å²) in [5.74, 6) is 0.0512. The summed E-state index contributed by atoms with van der Waals surface area (Å²) < 4.78 is 7.05. The number of pyridine rings is 1. The zero-order chi connectivity index (χ0) is 14.3. The summed E-state index contributed by atoms with van der Waals surface area (Å²) in [6, 6.07) is 5.09. The van der Waals surface area contributed by atoms with E-state index >= 15 is 0 Å². The van der Waals surface area contributed by atoms with Crippen molar-refractivity contribution < 1.29 is 14.6 Å². The van der Waals surface area contributed by atoms with Gasteiger partial charge in [0.05, 0.1) is 12.6 Å². The quantitative estimate of drug-likeness (QED) is 0.926. The van der Waals surface area contributed by atoms with Crippen LogP contribution < -0.4 is 10.2 Å². The fourth-order valence-corrected chi connectivity index (χ4v) is 2.38. The maximum absolute atomic E-state index is 12.2. The summed E-state index contributed by atoms with van der Waals surface area (Å²) >= 11 is 0. The highest BCUT2D eigenvalue weighted by Gasteiger charge is 2.23. The summed E-state index contributed by atoms with van der Waals surface area (Å²) in [7, 11) is 1.57. The van der Waals surface area contributed by atoms with Crippen molar-refractivity contribution in [2.75, 3.05) is 7.11 Å². The molecule has 104 valence electrons. The SMILES string of the molecule is COc1ccc2c(=O)c(C(=O)O)cn(CC3CC3)c2c1. The normalized spacial score (nSPS) is 14.4.